The lowest BCUT2D eigenvalue weighted by Gasteiger charge is -2.23. The largest absolute Gasteiger partial charge is 0.335 e. The zero-order valence-corrected chi connectivity index (χ0v) is 15.2. The average molecular weight is 337 g/mol. The number of thioether (sulfide) groups is 1. The molecule has 2 heterocycles. The molecule has 23 heavy (non-hydrogen) atoms. The van der Waals surface area contributed by atoms with Crippen molar-refractivity contribution in [1.82, 2.24) is 20.1 Å². The molecule has 128 valence electrons. The first-order valence-corrected chi connectivity index (χ1v) is 9.59. The molecule has 5 nitrogen and oxygen atoms in total. The van der Waals surface area contributed by atoms with Crippen molar-refractivity contribution in [2.24, 2.45) is 5.92 Å². The van der Waals surface area contributed by atoms with Gasteiger partial charge in [-0.15, -0.1) is 0 Å². The summed E-state index contributed by atoms with van der Waals surface area (Å²) >= 11 is 1.76. The fourth-order valence-corrected chi connectivity index (χ4v) is 3.65. The number of rotatable bonds is 7. The molecule has 2 unspecified atom stereocenters. The number of carbonyl (C=O) groups is 1. The number of hydrogen-bond acceptors (Lipinski definition) is 4. The number of urea groups is 1. The zero-order chi connectivity index (χ0) is 16.7. The molecular formula is C17H28N4OS. The number of nitrogens with zero attached hydrogens (tertiary/aromatic N) is 3. The van der Waals surface area contributed by atoms with Crippen LogP contribution in [-0.4, -0.2) is 65.5 Å². The second-order valence-electron chi connectivity index (χ2n) is 6.46. The van der Waals surface area contributed by atoms with Gasteiger partial charge in [-0.05, 0) is 44.2 Å². The van der Waals surface area contributed by atoms with Crippen LogP contribution in [0.3, 0.4) is 0 Å². The number of likely N-dealkylation sites (tertiary alicyclic amines) is 1. The van der Waals surface area contributed by atoms with Gasteiger partial charge < -0.3 is 15.1 Å². The Morgan fingerprint density at radius 2 is 2.43 bits per heavy atom. The van der Waals surface area contributed by atoms with Gasteiger partial charge in [0.25, 0.3) is 0 Å². The minimum Gasteiger partial charge on any atom is -0.335 e. The summed E-state index contributed by atoms with van der Waals surface area (Å²) < 4.78 is 0. The predicted octanol–water partition coefficient (Wildman–Crippen LogP) is 2.30. The molecule has 1 aromatic rings. The molecule has 0 aliphatic carbocycles. The highest BCUT2D eigenvalue weighted by Gasteiger charge is 2.27. The van der Waals surface area contributed by atoms with Crippen LogP contribution in [0.4, 0.5) is 4.79 Å². The Labute approximate surface area is 143 Å². The summed E-state index contributed by atoms with van der Waals surface area (Å²) in [7, 11) is 2.14. The van der Waals surface area contributed by atoms with Crippen LogP contribution in [0.5, 0.6) is 0 Å². The molecule has 1 N–H and O–H groups in total. The molecular weight excluding hydrogens is 308 g/mol. The van der Waals surface area contributed by atoms with Crippen LogP contribution in [0.1, 0.15) is 18.9 Å². The smallest absolute Gasteiger partial charge is 0.317 e. The van der Waals surface area contributed by atoms with Gasteiger partial charge in [-0.2, -0.15) is 11.8 Å². The lowest BCUT2D eigenvalue weighted by Crippen LogP contribution is -2.44. The summed E-state index contributed by atoms with van der Waals surface area (Å²) in [6, 6.07) is 4.39. The number of carbonyl (C=O) groups excluding carboxylic acids is 1. The topological polar surface area (TPSA) is 48.5 Å². The second-order valence-corrected chi connectivity index (χ2v) is 7.38. The van der Waals surface area contributed by atoms with Gasteiger partial charge >= 0.3 is 6.03 Å². The summed E-state index contributed by atoms with van der Waals surface area (Å²) in [5.41, 5.74) is 1.23. The summed E-state index contributed by atoms with van der Waals surface area (Å²) in [5.74, 6) is 1.51. The third-order valence-electron chi connectivity index (χ3n) is 4.10. The molecule has 0 radical (unpaired) electrons. The monoisotopic (exact) mass is 336 g/mol. The molecule has 6 heteroatoms. The van der Waals surface area contributed by atoms with Crippen LogP contribution >= 0.6 is 11.8 Å². The molecule has 1 fully saturated rings. The number of nitrogens with one attached hydrogen (secondary N) is 1. The molecule has 2 atom stereocenters. The van der Waals surface area contributed by atoms with Gasteiger partial charge in [-0.25, -0.2) is 4.79 Å². The Kier molecular flexibility index (Phi) is 7.17. The van der Waals surface area contributed by atoms with Crippen LogP contribution in [0.25, 0.3) is 0 Å². The third kappa shape index (κ3) is 6.03. The van der Waals surface area contributed by atoms with Crippen LogP contribution in [0.2, 0.25) is 0 Å². The van der Waals surface area contributed by atoms with Crippen molar-refractivity contribution < 1.29 is 4.79 Å². The second kappa shape index (κ2) is 9.13. The van der Waals surface area contributed by atoms with Crippen molar-refractivity contribution in [2.45, 2.75) is 25.9 Å². The minimum atomic E-state index is 0.0870. The third-order valence-corrected chi connectivity index (χ3v) is 4.94. The number of amides is 2. The van der Waals surface area contributed by atoms with Crippen molar-refractivity contribution in [1.29, 1.82) is 0 Å². The Morgan fingerprint density at radius 1 is 1.61 bits per heavy atom. The van der Waals surface area contributed by atoms with Crippen LogP contribution in [0.15, 0.2) is 24.5 Å². The van der Waals surface area contributed by atoms with Gasteiger partial charge in [0.2, 0.25) is 0 Å². The van der Waals surface area contributed by atoms with Gasteiger partial charge in [0.1, 0.15) is 0 Å². The lowest BCUT2D eigenvalue weighted by molar-refractivity contribution is 0.201. The number of hydrogen-bond donors (Lipinski definition) is 1. The van der Waals surface area contributed by atoms with E-state index in [9.17, 15) is 4.79 Å². The standard InChI is InChI=1S/C17H28N4OS/c1-14(13-23-3)19-17(22)21-8-6-16(12-21)11-20(2)10-15-5-4-7-18-9-15/h4-5,7,9,14,16H,6,8,10-13H2,1-3H3,(H,19,22). The first kappa shape index (κ1) is 18.1. The SMILES string of the molecule is CSCC(C)NC(=O)N1CCC(CN(C)Cc2cccnc2)C1. The first-order valence-electron chi connectivity index (χ1n) is 8.20. The normalized spacial score (nSPS) is 19.1. The Balaban J connectivity index is 1.73. The van der Waals surface area contributed by atoms with Crippen molar-refractivity contribution in [3.8, 4) is 0 Å². The summed E-state index contributed by atoms with van der Waals surface area (Å²) in [5, 5.41) is 3.08. The fourth-order valence-electron chi connectivity index (χ4n) is 3.07. The van der Waals surface area contributed by atoms with Gasteiger partial charge in [-0.3, -0.25) is 4.98 Å². The Bertz CT molecular complexity index is 485. The maximum absolute atomic E-state index is 12.2. The van der Waals surface area contributed by atoms with E-state index in [1.807, 2.05) is 17.2 Å². The van der Waals surface area contributed by atoms with Crippen LogP contribution in [0, 0.1) is 5.92 Å². The Hall–Kier alpha value is -1.27. The molecule has 1 aliphatic rings. The maximum atomic E-state index is 12.2. The highest BCUT2D eigenvalue weighted by molar-refractivity contribution is 7.98. The summed E-state index contributed by atoms with van der Waals surface area (Å²) in [4.78, 5) is 20.7. The van der Waals surface area contributed by atoms with Crippen molar-refractivity contribution in [3.63, 3.8) is 0 Å². The lowest BCUT2D eigenvalue weighted by atomic mass is 10.1. The molecule has 2 amide bonds. The molecule has 0 spiro atoms. The highest BCUT2D eigenvalue weighted by Crippen LogP contribution is 2.18. The minimum absolute atomic E-state index is 0.0870. The number of pyridine rings is 1. The van der Waals surface area contributed by atoms with E-state index in [4.69, 9.17) is 0 Å². The van der Waals surface area contributed by atoms with Crippen LogP contribution in [-0.2, 0) is 6.54 Å². The summed E-state index contributed by atoms with van der Waals surface area (Å²) in [6.45, 7) is 5.70. The predicted molar refractivity (Wildman–Crippen MR) is 96.6 cm³/mol. The Morgan fingerprint density at radius 3 is 3.13 bits per heavy atom. The van der Waals surface area contributed by atoms with Crippen molar-refractivity contribution in [2.75, 3.05) is 38.7 Å². The molecule has 0 saturated carbocycles. The van der Waals surface area contributed by atoms with E-state index in [1.165, 1.54) is 5.56 Å². The molecule has 1 aliphatic heterocycles. The molecule has 0 bridgehead atoms. The van der Waals surface area contributed by atoms with Gasteiger partial charge in [0.15, 0.2) is 0 Å². The maximum Gasteiger partial charge on any atom is 0.317 e. The van der Waals surface area contributed by atoms with E-state index in [0.717, 1.165) is 38.4 Å². The molecule has 1 saturated heterocycles. The number of aromatic nitrogens is 1. The average Bonchev–Trinajstić information content (AvgIpc) is 2.97. The van der Waals surface area contributed by atoms with Gasteiger partial charge in [0, 0.05) is 50.4 Å². The van der Waals surface area contributed by atoms with E-state index in [0.29, 0.717) is 5.92 Å². The van der Waals surface area contributed by atoms with Gasteiger partial charge in [-0.1, -0.05) is 6.07 Å². The van der Waals surface area contributed by atoms with Crippen LogP contribution < -0.4 is 5.32 Å². The van der Waals surface area contributed by atoms with E-state index in [-0.39, 0.29) is 12.1 Å². The molecule has 1 aromatic heterocycles. The quantitative estimate of drug-likeness (QED) is 0.830. The van der Waals surface area contributed by atoms with E-state index in [1.54, 1.807) is 18.0 Å². The van der Waals surface area contributed by atoms with E-state index >= 15 is 0 Å². The van der Waals surface area contributed by atoms with Gasteiger partial charge in [0.05, 0.1) is 0 Å². The molecule has 2 rings (SSSR count). The van der Waals surface area contributed by atoms with E-state index < -0.39 is 0 Å². The van der Waals surface area contributed by atoms with Crippen molar-refractivity contribution >= 4 is 17.8 Å². The van der Waals surface area contributed by atoms with Crippen molar-refractivity contribution in [3.05, 3.63) is 30.1 Å². The summed E-state index contributed by atoms with van der Waals surface area (Å²) in [6.07, 6.45) is 6.86. The fraction of sp³-hybridized carbons (Fsp3) is 0.647. The van der Waals surface area contributed by atoms with E-state index in [2.05, 4.69) is 41.5 Å². The highest BCUT2D eigenvalue weighted by atomic mass is 32.2. The zero-order valence-electron chi connectivity index (χ0n) is 14.4. The first-order chi connectivity index (χ1) is 11.1. The molecule has 0 aromatic carbocycles.